The van der Waals surface area contributed by atoms with E-state index in [1.807, 2.05) is 6.92 Å². The first-order chi connectivity index (χ1) is 18.5. The first-order valence-corrected chi connectivity index (χ1v) is 13.1. The molecule has 2 aromatic rings. The molecule has 1 amide bonds. The van der Waals surface area contributed by atoms with Gasteiger partial charge in [-0.15, -0.1) is 0 Å². The van der Waals surface area contributed by atoms with Crippen molar-refractivity contribution in [2.45, 2.75) is 25.8 Å². The van der Waals surface area contributed by atoms with E-state index in [4.69, 9.17) is 18.9 Å². The molecule has 204 valence electrons. The van der Waals surface area contributed by atoms with Crippen molar-refractivity contribution >= 4 is 17.4 Å². The Hall–Kier alpha value is -3.56. The van der Waals surface area contributed by atoms with Gasteiger partial charge in [-0.1, -0.05) is 36.9 Å². The van der Waals surface area contributed by atoms with E-state index in [9.17, 15) is 14.7 Å². The molecule has 2 aliphatic heterocycles. The summed E-state index contributed by atoms with van der Waals surface area (Å²) < 4.78 is 22.2. The molecule has 0 radical (unpaired) electrons. The number of Topliss-reactive ketones (excluding diaryl/α,β-unsaturated/α-hetero) is 1. The van der Waals surface area contributed by atoms with Gasteiger partial charge < -0.3 is 33.9 Å². The van der Waals surface area contributed by atoms with Crippen LogP contribution in [0.25, 0.3) is 5.76 Å². The summed E-state index contributed by atoms with van der Waals surface area (Å²) in [4.78, 5) is 29.6. The number of nitrogens with zero attached hydrogens (tertiary/aromatic N) is 1. The molecule has 2 saturated heterocycles. The Kier molecular flexibility index (Phi) is 9.25. The van der Waals surface area contributed by atoms with Crippen LogP contribution in [0.2, 0.25) is 0 Å². The molecule has 0 aliphatic carbocycles. The number of hydrogen-bond donors (Lipinski definition) is 1. The van der Waals surface area contributed by atoms with Crippen molar-refractivity contribution in [1.82, 2.24) is 4.90 Å². The third-order valence-corrected chi connectivity index (χ3v) is 6.98. The van der Waals surface area contributed by atoms with E-state index in [1.54, 1.807) is 42.5 Å². The lowest BCUT2D eigenvalue weighted by Gasteiger charge is -2.30. The van der Waals surface area contributed by atoms with Crippen molar-refractivity contribution in [3.8, 4) is 17.2 Å². The van der Waals surface area contributed by atoms with Crippen molar-refractivity contribution in [3.05, 3.63) is 59.2 Å². The zero-order valence-electron chi connectivity index (χ0n) is 22.3. The normalized spacial score (nSPS) is 19.6. The van der Waals surface area contributed by atoms with Crippen LogP contribution in [0, 0.1) is 0 Å². The second-order valence-corrected chi connectivity index (χ2v) is 9.39. The molecule has 0 spiro atoms. The predicted octanol–water partition coefficient (Wildman–Crippen LogP) is 1.02. The summed E-state index contributed by atoms with van der Waals surface area (Å²) in [5.74, 6) is -0.460. The number of benzene rings is 2. The van der Waals surface area contributed by atoms with Gasteiger partial charge in [0.25, 0.3) is 5.91 Å². The Labute approximate surface area is 223 Å². The van der Waals surface area contributed by atoms with Gasteiger partial charge in [-0.2, -0.15) is 0 Å². The summed E-state index contributed by atoms with van der Waals surface area (Å²) in [7, 11) is 3.02. The van der Waals surface area contributed by atoms with E-state index in [-0.39, 0.29) is 5.57 Å². The van der Waals surface area contributed by atoms with Gasteiger partial charge in [0.15, 0.2) is 11.5 Å². The van der Waals surface area contributed by atoms with E-state index in [1.165, 1.54) is 24.0 Å². The molecule has 2 aromatic carbocycles. The molecular formula is C29H36N2O7. The van der Waals surface area contributed by atoms with Gasteiger partial charge in [-0.25, -0.2) is 0 Å². The molecule has 0 saturated carbocycles. The standard InChI is InChI=1S/C29H36N2O7/c1-4-17-38-21-11-9-20(10-12-21)26(32)24-25(22-7-5-8-23(35-2)28(22)36-3)31(29(34)27(24)33)14-6-13-30-15-18-37-19-16-30/h5,7-12,25,32H,4,6,13-19H2,1-3H3/b26-24+. The van der Waals surface area contributed by atoms with Crippen LogP contribution in [0.5, 0.6) is 17.2 Å². The molecule has 1 unspecified atom stereocenters. The number of amides is 1. The number of methoxy groups -OCH3 is 2. The first-order valence-electron chi connectivity index (χ1n) is 13.1. The zero-order valence-corrected chi connectivity index (χ0v) is 22.3. The number of ketones is 1. The SMILES string of the molecule is CCCOc1ccc(/C([O-])=C2\C(=O)C(=O)N(CCC[NH+]3CCOCC3)C2c2cccc(OC)c2OC)cc1. The number of carbonyl (C=O) groups excluding carboxylic acids is 2. The average Bonchev–Trinajstić information content (AvgIpc) is 3.21. The molecule has 1 N–H and O–H groups in total. The lowest BCUT2D eigenvalue weighted by atomic mass is 9.94. The summed E-state index contributed by atoms with van der Waals surface area (Å²) in [6, 6.07) is 11.1. The fraction of sp³-hybridized carbons (Fsp3) is 0.448. The number of nitrogens with one attached hydrogen (secondary N) is 1. The third-order valence-electron chi connectivity index (χ3n) is 6.98. The third kappa shape index (κ3) is 5.79. The number of ether oxygens (including phenoxy) is 4. The minimum absolute atomic E-state index is 0.0810. The lowest BCUT2D eigenvalue weighted by Crippen LogP contribution is -3.14. The number of rotatable bonds is 11. The topological polar surface area (TPSA) is 102 Å². The van der Waals surface area contributed by atoms with Gasteiger partial charge in [-0.05, 0) is 30.2 Å². The van der Waals surface area contributed by atoms with Crippen LogP contribution < -0.4 is 24.2 Å². The van der Waals surface area contributed by atoms with Crippen molar-refractivity contribution in [3.63, 3.8) is 0 Å². The molecule has 38 heavy (non-hydrogen) atoms. The summed E-state index contributed by atoms with van der Waals surface area (Å²) in [5.41, 5.74) is 0.773. The first kappa shape index (κ1) is 27.5. The Balaban J connectivity index is 1.72. The second-order valence-electron chi connectivity index (χ2n) is 9.39. The van der Waals surface area contributed by atoms with Crippen LogP contribution in [0.4, 0.5) is 0 Å². The van der Waals surface area contributed by atoms with Crippen molar-refractivity contribution < 1.29 is 38.5 Å². The van der Waals surface area contributed by atoms with Crippen molar-refractivity contribution in [2.75, 3.05) is 60.2 Å². The van der Waals surface area contributed by atoms with E-state index in [0.717, 1.165) is 39.3 Å². The molecular weight excluding hydrogens is 488 g/mol. The van der Waals surface area contributed by atoms with E-state index < -0.39 is 23.5 Å². The molecule has 9 nitrogen and oxygen atoms in total. The minimum atomic E-state index is -0.886. The van der Waals surface area contributed by atoms with Crippen molar-refractivity contribution in [1.29, 1.82) is 0 Å². The molecule has 2 aliphatic rings. The highest BCUT2D eigenvalue weighted by Gasteiger charge is 2.45. The Morgan fingerprint density at radius 1 is 1.08 bits per heavy atom. The van der Waals surface area contributed by atoms with Gasteiger partial charge >= 0.3 is 0 Å². The number of quaternary nitrogens is 1. The van der Waals surface area contributed by atoms with Gasteiger partial charge in [0.05, 0.1) is 46.6 Å². The van der Waals surface area contributed by atoms with Gasteiger partial charge in [0.2, 0.25) is 5.78 Å². The fourth-order valence-electron chi connectivity index (χ4n) is 5.04. The van der Waals surface area contributed by atoms with Gasteiger partial charge in [0, 0.05) is 24.1 Å². The maximum Gasteiger partial charge on any atom is 0.295 e. The molecule has 2 heterocycles. The highest BCUT2D eigenvalue weighted by atomic mass is 16.5. The largest absolute Gasteiger partial charge is 0.872 e. The summed E-state index contributed by atoms with van der Waals surface area (Å²) >= 11 is 0. The van der Waals surface area contributed by atoms with Crippen molar-refractivity contribution in [2.24, 2.45) is 0 Å². The maximum atomic E-state index is 13.8. The van der Waals surface area contributed by atoms with E-state index >= 15 is 0 Å². The highest BCUT2D eigenvalue weighted by Crippen LogP contribution is 2.45. The number of para-hydroxylation sites is 1. The quantitative estimate of drug-likeness (QED) is 0.266. The van der Waals surface area contributed by atoms with E-state index in [2.05, 4.69) is 0 Å². The van der Waals surface area contributed by atoms with Crippen LogP contribution in [0.1, 0.15) is 36.9 Å². The maximum absolute atomic E-state index is 13.8. The number of hydrogen-bond acceptors (Lipinski definition) is 7. The van der Waals surface area contributed by atoms with Gasteiger partial charge in [0.1, 0.15) is 18.8 Å². The van der Waals surface area contributed by atoms with Gasteiger partial charge in [-0.3, -0.25) is 9.59 Å². The predicted molar refractivity (Wildman–Crippen MR) is 139 cm³/mol. The number of carbonyl (C=O) groups is 2. The highest BCUT2D eigenvalue weighted by molar-refractivity contribution is 6.46. The average molecular weight is 525 g/mol. The lowest BCUT2D eigenvalue weighted by molar-refractivity contribution is -0.908. The van der Waals surface area contributed by atoms with Crippen LogP contribution in [-0.4, -0.2) is 76.8 Å². The summed E-state index contributed by atoms with van der Waals surface area (Å²) in [5, 5.41) is 13.8. The summed E-state index contributed by atoms with van der Waals surface area (Å²) in [6.45, 7) is 7.01. The van der Waals surface area contributed by atoms with E-state index in [0.29, 0.717) is 47.9 Å². The van der Waals surface area contributed by atoms with Crippen LogP contribution in [0.3, 0.4) is 0 Å². The Morgan fingerprint density at radius 2 is 1.82 bits per heavy atom. The monoisotopic (exact) mass is 524 g/mol. The molecule has 9 heteroatoms. The minimum Gasteiger partial charge on any atom is -0.872 e. The van der Waals surface area contributed by atoms with Crippen LogP contribution >= 0.6 is 0 Å². The van der Waals surface area contributed by atoms with Crippen LogP contribution in [-0.2, 0) is 14.3 Å². The fourth-order valence-corrected chi connectivity index (χ4v) is 5.04. The Morgan fingerprint density at radius 3 is 2.47 bits per heavy atom. The number of likely N-dealkylation sites (tertiary alicyclic amines) is 1. The molecule has 2 fully saturated rings. The summed E-state index contributed by atoms with van der Waals surface area (Å²) in [6.07, 6.45) is 1.55. The molecule has 0 aromatic heterocycles. The molecule has 4 rings (SSSR count). The van der Waals surface area contributed by atoms with Crippen LogP contribution in [0.15, 0.2) is 48.0 Å². The number of morpholine rings is 1. The Bertz CT molecular complexity index is 1160. The smallest absolute Gasteiger partial charge is 0.295 e. The molecule has 0 bridgehead atoms. The molecule has 1 atom stereocenters. The second kappa shape index (κ2) is 12.8. The zero-order chi connectivity index (χ0) is 27.1.